The maximum absolute atomic E-state index is 13.5. The molecule has 0 unspecified atom stereocenters. The number of benzene rings is 3. The molecule has 0 saturated carbocycles. The number of carbonyl (C=O) groups excluding carboxylic acids is 4. The topological polar surface area (TPSA) is 96.0 Å². The predicted octanol–water partition coefficient (Wildman–Crippen LogP) is 4.85. The molecular formula is C29H29N3O5. The molecule has 1 saturated heterocycles. The van der Waals surface area contributed by atoms with Gasteiger partial charge in [0.05, 0.1) is 24.3 Å². The zero-order chi connectivity index (χ0) is 26.5. The number of amides is 4. The number of nitrogens with one attached hydrogen (secondary N) is 1. The number of carbonyl (C=O) groups is 4. The van der Waals surface area contributed by atoms with E-state index in [0.717, 1.165) is 21.6 Å². The van der Waals surface area contributed by atoms with Crippen LogP contribution in [0.5, 0.6) is 0 Å². The molecule has 8 nitrogen and oxygen atoms in total. The van der Waals surface area contributed by atoms with Crippen LogP contribution < -0.4 is 10.2 Å². The molecule has 1 N–H and O–H groups in total. The molecule has 4 amide bonds. The van der Waals surface area contributed by atoms with Crippen LogP contribution in [0.25, 0.3) is 0 Å². The van der Waals surface area contributed by atoms with Crippen LogP contribution in [-0.2, 0) is 20.9 Å². The Labute approximate surface area is 215 Å². The minimum Gasteiger partial charge on any atom is -0.462 e. The van der Waals surface area contributed by atoms with Gasteiger partial charge in [-0.15, -0.1) is 0 Å². The van der Waals surface area contributed by atoms with Gasteiger partial charge < -0.3 is 15.0 Å². The zero-order valence-corrected chi connectivity index (χ0v) is 21.1. The molecule has 4 rings (SSSR count). The second-order valence-electron chi connectivity index (χ2n) is 8.97. The molecule has 1 aliphatic heterocycles. The zero-order valence-electron chi connectivity index (χ0n) is 21.1. The van der Waals surface area contributed by atoms with E-state index in [4.69, 9.17) is 4.74 Å². The molecule has 0 aliphatic carbocycles. The number of hydrogen-bond donors (Lipinski definition) is 1. The molecule has 1 fully saturated rings. The Balaban J connectivity index is 1.54. The SMILES string of the molecule is CCOC(=O)c1ccc(NC(=O)C[C@H]2C(=O)N(c3cccc(C)c3)C(=O)N2Cc2ccc(C)cc2)cc1. The standard InChI is InChI=1S/C29H29N3O5/c1-4-37-28(35)22-12-14-23(15-13-22)30-26(33)17-25-27(34)32(24-7-5-6-20(3)16-24)29(36)31(25)18-21-10-8-19(2)9-11-21/h5-16,25H,4,17-18H2,1-3H3,(H,30,33)/t25-/m0/s1. The quantitative estimate of drug-likeness (QED) is 0.353. The highest BCUT2D eigenvalue weighted by Gasteiger charge is 2.46. The van der Waals surface area contributed by atoms with E-state index in [1.54, 1.807) is 49.4 Å². The van der Waals surface area contributed by atoms with E-state index in [1.165, 1.54) is 4.90 Å². The number of hydrogen-bond acceptors (Lipinski definition) is 5. The monoisotopic (exact) mass is 499 g/mol. The predicted molar refractivity (Wildman–Crippen MR) is 140 cm³/mol. The van der Waals surface area contributed by atoms with Crippen molar-refractivity contribution in [2.75, 3.05) is 16.8 Å². The smallest absolute Gasteiger partial charge is 0.338 e. The van der Waals surface area contributed by atoms with E-state index in [1.807, 2.05) is 44.2 Å². The lowest BCUT2D eigenvalue weighted by atomic mass is 10.1. The van der Waals surface area contributed by atoms with Gasteiger partial charge in [-0.3, -0.25) is 9.59 Å². The van der Waals surface area contributed by atoms with E-state index in [0.29, 0.717) is 16.9 Å². The van der Waals surface area contributed by atoms with Crippen molar-refractivity contribution in [2.24, 2.45) is 0 Å². The number of ether oxygens (including phenoxy) is 1. The van der Waals surface area contributed by atoms with Gasteiger partial charge >= 0.3 is 12.0 Å². The summed E-state index contributed by atoms with van der Waals surface area (Å²) >= 11 is 0. The summed E-state index contributed by atoms with van der Waals surface area (Å²) in [6.45, 7) is 6.05. The van der Waals surface area contributed by atoms with E-state index < -0.39 is 29.9 Å². The van der Waals surface area contributed by atoms with Gasteiger partial charge in [-0.25, -0.2) is 14.5 Å². The molecule has 3 aromatic carbocycles. The van der Waals surface area contributed by atoms with Crippen LogP contribution >= 0.6 is 0 Å². The van der Waals surface area contributed by atoms with E-state index in [9.17, 15) is 19.2 Å². The van der Waals surface area contributed by atoms with Crippen molar-refractivity contribution in [3.63, 3.8) is 0 Å². The van der Waals surface area contributed by atoms with Crippen molar-refractivity contribution < 1.29 is 23.9 Å². The lowest BCUT2D eigenvalue weighted by Gasteiger charge is -2.22. The molecule has 3 aromatic rings. The van der Waals surface area contributed by atoms with Crippen LogP contribution in [0.4, 0.5) is 16.2 Å². The first-order valence-corrected chi connectivity index (χ1v) is 12.1. The number of aryl methyl sites for hydroxylation is 2. The van der Waals surface area contributed by atoms with Crippen molar-refractivity contribution >= 4 is 35.2 Å². The largest absolute Gasteiger partial charge is 0.462 e. The van der Waals surface area contributed by atoms with Gasteiger partial charge in [-0.05, 0) is 68.3 Å². The molecule has 1 aliphatic rings. The second kappa shape index (κ2) is 11.1. The third kappa shape index (κ3) is 5.86. The summed E-state index contributed by atoms with van der Waals surface area (Å²) in [7, 11) is 0. The summed E-state index contributed by atoms with van der Waals surface area (Å²) in [6, 6.07) is 19.7. The van der Waals surface area contributed by atoms with Crippen LogP contribution in [-0.4, -0.2) is 41.4 Å². The third-order valence-electron chi connectivity index (χ3n) is 6.11. The summed E-state index contributed by atoms with van der Waals surface area (Å²) in [6.07, 6.45) is -0.210. The number of imide groups is 1. The van der Waals surface area contributed by atoms with Crippen LogP contribution in [0.2, 0.25) is 0 Å². The van der Waals surface area contributed by atoms with Crippen LogP contribution in [0.3, 0.4) is 0 Å². The molecule has 0 radical (unpaired) electrons. The molecule has 0 spiro atoms. The van der Waals surface area contributed by atoms with Crippen molar-refractivity contribution in [1.82, 2.24) is 4.90 Å². The molecule has 1 atom stereocenters. The van der Waals surface area contributed by atoms with Crippen molar-refractivity contribution in [3.05, 3.63) is 95.1 Å². The Hall–Kier alpha value is -4.46. The first-order valence-electron chi connectivity index (χ1n) is 12.1. The molecule has 1 heterocycles. The van der Waals surface area contributed by atoms with Crippen molar-refractivity contribution in [3.8, 4) is 0 Å². The van der Waals surface area contributed by atoms with Gasteiger partial charge in [0.2, 0.25) is 5.91 Å². The van der Waals surface area contributed by atoms with Crippen molar-refractivity contribution in [2.45, 2.75) is 39.8 Å². The Bertz CT molecular complexity index is 1320. The number of urea groups is 1. The van der Waals surface area contributed by atoms with Crippen LogP contribution in [0.15, 0.2) is 72.8 Å². The lowest BCUT2D eigenvalue weighted by molar-refractivity contribution is -0.124. The number of anilines is 2. The first-order chi connectivity index (χ1) is 17.8. The van der Waals surface area contributed by atoms with Gasteiger partial charge in [0.25, 0.3) is 5.91 Å². The summed E-state index contributed by atoms with van der Waals surface area (Å²) in [5, 5.41) is 2.76. The fourth-order valence-corrected chi connectivity index (χ4v) is 4.20. The molecular weight excluding hydrogens is 470 g/mol. The summed E-state index contributed by atoms with van der Waals surface area (Å²) in [4.78, 5) is 54.4. The van der Waals surface area contributed by atoms with Gasteiger partial charge in [0.1, 0.15) is 6.04 Å². The van der Waals surface area contributed by atoms with E-state index in [2.05, 4.69) is 5.32 Å². The molecule has 0 aromatic heterocycles. The Morgan fingerprint density at radius 1 is 0.919 bits per heavy atom. The summed E-state index contributed by atoms with van der Waals surface area (Å²) in [5.41, 5.74) is 4.17. The highest BCUT2D eigenvalue weighted by Crippen LogP contribution is 2.29. The maximum Gasteiger partial charge on any atom is 0.338 e. The highest BCUT2D eigenvalue weighted by molar-refractivity contribution is 6.22. The fraction of sp³-hybridized carbons (Fsp3) is 0.241. The van der Waals surface area contributed by atoms with Gasteiger partial charge in [0, 0.05) is 12.2 Å². The van der Waals surface area contributed by atoms with Crippen LogP contribution in [0.1, 0.15) is 40.4 Å². The van der Waals surface area contributed by atoms with Crippen LogP contribution in [0, 0.1) is 13.8 Å². The maximum atomic E-state index is 13.5. The highest BCUT2D eigenvalue weighted by atomic mass is 16.5. The van der Waals surface area contributed by atoms with E-state index >= 15 is 0 Å². The number of rotatable bonds is 8. The average Bonchev–Trinajstić information content (AvgIpc) is 3.09. The third-order valence-corrected chi connectivity index (χ3v) is 6.11. The minimum atomic E-state index is -0.965. The van der Waals surface area contributed by atoms with Gasteiger partial charge in [-0.1, -0.05) is 42.0 Å². The molecule has 190 valence electrons. The van der Waals surface area contributed by atoms with Crippen molar-refractivity contribution in [1.29, 1.82) is 0 Å². The number of esters is 1. The Morgan fingerprint density at radius 3 is 2.27 bits per heavy atom. The average molecular weight is 500 g/mol. The fourth-order valence-electron chi connectivity index (χ4n) is 4.20. The van der Waals surface area contributed by atoms with Gasteiger partial charge in [-0.2, -0.15) is 0 Å². The number of nitrogens with zero attached hydrogens (tertiary/aromatic N) is 2. The molecule has 8 heteroatoms. The Kier molecular flexibility index (Phi) is 7.67. The van der Waals surface area contributed by atoms with E-state index in [-0.39, 0.29) is 19.6 Å². The summed E-state index contributed by atoms with van der Waals surface area (Å²) in [5.74, 6) is -1.32. The Morgan fingerprint density at radius 2 is 1.62 bits per heavy atom. The summed E-state index contributed by atoms with van der Waals surface area (Å²) < 4.78 is 4.97. The second-order valence-corrected chi connectivity index (χ2v) is 8.97. The first kappa shape index (κ1) is 25.6. The molecule has 37 heavy (non-hydrogen) atoms. The lowest BCUT2D eigenvalue weighted by Crippen LogP contribution is -2.37. The van der Waals surface area contributed by atoms with Gasteiger partial charge in [0.15, 0.2) is 0 Å². The normalized spacial score (nSPS) is 15.2. The molecule has 0 bridgehead atoms. The minimum absolute atomic E-state index is 0.194.